The van der Waals surface area contributed by atoms with E-state index < -0.39 is 35.7 Å². The van der Waals surface area contributed by atoms with Crippen molar-refractivity contribution in [2.45, 2.75) is 65.0 Å². The topological polar surface area (TPSA) is 230 Å². The lowest BCUT2D eigenvalue weighted by atomic mass is 9.95. The van der Waals surface area contributed by atoms with Crippen LogP contribution >= 0.6 is 23.2 Å². The lowest BCUT2D eigenvalue weighted by molar-refractivity contribution is -0.137. The van der Waals surface area contributed by atoms with Crippen molar-refractivity contribution in [2.75, 3.05) is 24.6 Å². The van der Waals surface area contributed by atoms with Crippen LogP contribution in [-0.4, -0.2) is 85.8 Å². The van der Waals surface area contributed by atoms with Crippen LogP contribution in [0.25, 0.3) is 22.3 Å². The number of pyridine rings is 2. The molecule has 0 bridgehead atoms. The minimum absolute atomic E-state index is 0.0431. The number of rotatable bonds is 9. The van der Waals surface area contributed by atoms with Crippen molar-refractivity contribution in [1.29, 1.82) is 0 Å². The molecule has 0 spiro atoms. The smallest absolute Gasteiger partial charge is 0.417 e. The van der Waals surface area contributed by atoms with E-state index >= 15 is 0 Å². The number of anilines is 2. The number of aryl methyl sites for hydroxylation is 1. The second-order valence-electron chi connectivity index (χ2n) is 20.5. The number of aromatic carboxylic acids is 1. The molecule has 4 aliphatic heterocycles. The average molecular weight is 1210 g/mol. The van der Waals surface area contributed by atoms with Gasteiger partial charge in [-0.25, -0.2) is 14.8 Å². The molecule has 438 valence electrons. The molecule has 0 unspecified atom stereocenters. The van der Waals surface area contributed by atoms with Crippen LogP contribution in [0.2, 0.25) is 10.0 Å². The van der Waals surface area contributed by atoms with Crippen molar-refractivity contribution in [1.82, 2.24) is 19.8 Å². The van der Waals surface area contributed by atoms with Crippen LogP contribution in [0.15, 0.2) is 146 Å². The van der Waals surface area contributed by atoms with E-state index in [4.69, 9.17) is 47.9 Å². The number of nitrogens with zero attached hydrogens (tertiary/aromatic N) is 4. The highest BCUT2D eigenvalue weighted by Crippen LogP contribution is 2.40. The molecule has 0 aliphatic carbocycles. The van der Waals surface area contributed by atoms with Gasteiger partial charge in [-0.2, -0.15) is 13.2 Å². The Morgan fingerprint density at radius 2 is 1.10 bits per heavy atom. The predicted molar refractivity (Wildman–Crippen MR) is 313 cm³/mol. The van der Waals surface area contributed by atoms with Gasteiger partial charge in [-0.3, -0.25) is 24.0 Å². The minimum atomic E-state index is -4.57. The minimum Gasteiger partial charge on any atom is -0.478 e. The Bertz CT molecular complexity index is 3990. The predicted octanol–water partition coefficient (Wildman–Crippen LogP) is 12.1. The zero-order valence-corrected chi connectivity index (χ0v) is 47.6. The molecular formula is C64H51Cl2F3N6O11. The first-order valence-electron chi connectivity index (χ1n) is 26.6. The number of hydrogen-bond acceptors (Lipinski definition) is 13. The Morgan fingerprint density at radius 3 is 1.56 bits per heavy atom. The van der Waals surface area contributed by atoms with Crippen LogP contribution in [-0.2, 0) is 41.7 Å². The lowest BCUT2D eigenvalue weighted by Gasteiger charge is -2.27. The number of hydrogen-bond donors (Lipinski definition) is 3. The van der Waals surface area contributed by atoms with E-state index in [0.29, 0.717) is 101 Å². The number of nitrogen functional groups attached to an aromatic ring is 1. The first-order chi connectivity index (χ1) is 41.1. The summed E-state index contributed by atoms with van der Waals surface area (Å²) in [6.07, 6.45) is -1.98. The van der Waals surface area contributed by atoms with E-state index in [1.807, 2.05) is 13.0 Å². The molecule has 2 aromatic heterocycles. The summed E-state index contributed by atoms with van der Waals surface area (Å²) in [6.45, 7) is 5.72. The molecule has 0 radical (unpaired) electrons. The average Bonchev–Trinajstić information content (AvgIpc) is 2.05. The Hall–Kier alpha value is -9.79. The van der Waals surface area contributed by atoms with Gasteiger partial charge < -0.3 is 44.9 Å². The number of carboxylic acids is 1. The molecule has 0 fully saturated rings. The lowest BCUT2D eigenvalue weighted by Crippen LogP contribution is -2.41. The van der Waals surface area contributed by atoms with Gasteiger partial charge >= 0.3 is 12.1 Å². The number of nitrogens with one attached hydrogen (secondary N) is 1. The van der Waals surface area contributed by atoms with Crippen LogP contribution in [0, 0.1) is 6.92 Å². The first kappa shape index (κ1) is 59.4. The molecule has 4 aliphatic rings. The van der Waals surface area contributed by atoms with E-state index in [9.17, 15) is 47.0 Å². The Balaban J connectivity index is 0.000000173. The molecule has 6 aromatic carbocycles. The summed E-state index contributed by atoms with van der Waals surface area (Å²) in [5, 5.41) is 13.2. The third kappa shape index (κ3) is 13.1. The summed E-state index contributed by atoms with van der Waals surface area (Å²) < 4.78 is 60.6. The largest absolute Gasteiger partial charge is 0.478 e. The maximum Gasteiger partial charge on any atom is 0.417 e. The van der Waals surface area contributed by atoms with Crippen LogP contribution in [0.3, 0.4) is 0 Å². The molecule has 3 amide bonds. The zero-order chi connectivity index (χ0) is 61.1. The Kier molecular flexibility index (Phi) is 17.1. The maximum absolute atomic E-state index is 13.6. The molecule has 22 heteroatoms. The fourth-order valence-electron chi connectivity index (χ4n) is 9.99. The van der Waals surface area contributed by atoms with Gasteiger partial charge in [0.15, 0.2) is 34.6 Å². The second kappa shape index (κ2) is 24.8. The van der Waals surface area contributed by atoms with Gasteiger partial charge in [0.1, 0.15) is 11.6 Å². The van der Waals surface area contributed by atoms with Crippen LogP contribution in [0.5, 0.6) is 23.0 Å². The van der Waals surface area contributed by atoms with Crippen LogP contribution < -0.4 is 30.0 Å². The van der Waals surface area contributed by atoms with Crippen LogP contribution in [0.4, 0.5) is 24.8 Å². The molecule has 8 aromatic rings. The van der Waals surface area contributed by atoms with E-state index in [1.54, 1.807) is 129 Å². The summed E-state index contributed by atoms with van der Waals surface area (Å²) in [5.74, 6) is 0.146. The van der Waals surface area contributed by atoms with Gasteiger partial charge in [0.05, 0.1) is 23.2 Å². The second-order valence-corrected chi connectivity index (χ2v) is 21.3. The fraction of sp³-hybridized carbons (Fsp3) is 0.188. The van der Waals surface area contributed by atoms with E-state index in [2.05, 4.69) is 15.3 Å². The third-order valence-electron chi connectivity index (χ3n) is 14.7. The number of Topliss-reactive ketones (excluding diaryl/α,β-unsaturated/α-hetero) is 2. The monoisotopic (exact) mass is 1210 g/mol. The standard InChI is InChI=1S/C32H23ClF3N3O5.C26H20ClNO6.C6H8N2/c1-17-26(40)12-20-11-22(33)5-7-23(20)31(42)39(17)15-18-2-6-24(25(10-18)19-3-8-27-28(13-19)44-16-43-27)30(41)38-29-9-4-21(14-37-29)32(34,35)36;1-14-22(29)10-17-9-18(27)4-6-19(17)25(30)28(14)12-15-2-5-20(26(31)32)21(8-15)16-3-7-23-24(11-16)34-13-33-23;1-5-2-3-6(7)8-4-5/h2-11,13-14,17H,12,15-16H2,1H3,(H,37,38,41);2-9,11,14H,10,12-13H2,1H3,(H,31,32);2-4H,1H3,(H2,7,8)/t17-;14-;/m11./s1. The summed E-state index contributed by atoms with van der Waals surface area (Å²) in [6, 6.07) is 34.3. The molecular weight excluding hydrogens is 1160 g/mol. The number of ketones is 2. The highest BCUT2D eigenvalue weighted by atomic mass is 35.5. The third-order valence-corrected chi connectivity index (χ3v) is 15.2. The summed E-state index contributed by atoms with van der Waals surface area (Å²) >= 11 is 12.2. The molecule has 17 nitrogen and oxygen atoms in total. The van der Waals surface area contributed by atoms with Gasteiger partial charge in [0.2, 0.25) is 13.6 Å². The molecule has 86 heavy (non-hydrogen) atoms. The number of aromatic nitrogens is 2. The molecule has 0 saturated heterocycles. The van der Waals surface area contributed by atoms with Gasteiger partial charge in [-0.1, -0.05) is 53.5 Å². The summed E-state index contributed by atoms with van der Waals surface area (Å²) in [7, 11) is 0. The number of benzene rings is 6. The molecule has 0 saturated carbocycles. The number of fused-ring (bicyclic) bond motifs is 4. The van der Waals surface area contributed by atoms with Crippen molar-refractivity contribution >= 4 is 70.1 Å². The normalized spacial score (nSPS) is 15.7. The highest BCUT2D eigenvalue weighted by molar-refractivity contribution is 6.31. The summed E-state index contributed by atoms with van der Waals surface area (Å²) in [5.41, 5.74) is 11.3. The number of ether oxygens (including phenoxy) is 4. The maximum atomic E-state index is 13.6. The quantitative estimate of drug-likeness (QED) is 0.122. The van der Waals surface area contributed by atoms with Crippen molar-refractivity contribution in [2.24, 2.45) is 0 Å². The van der Waals surface area contributed by atoms with E-state index in [-0.39, 0.29) is 79.8 Å². The Labute approximate surface area is 500 Å². The fourth-order valence-corrected chi connectivity index (χ4v) is 10.4. The van der Waals surface area contributed by atoms with Crippen molar-refractivity contribution in [3.05, 3.63) is 212 Å². The van der Waals surface area contributed by atoms with Crippen molar-refractivity contribution in [3.8, 4) is 45.3 Å². The number of alkyl halides is 3. The molecule has 6 heterocycles. The summed E-state index contributed by atoms with van der Waals surface area (Å²) in [4.78, 5) is 88.8. The van der Waals surface area contributed by atoms with E-state index in [0.717, 1.165) is 17.7 Å². The SMILES string of the molecule is C[C@@H]1C(=O)Cc2cc(Cl)ccc2C(=O)N1Cc1ccc(C(=O)Nc2ccc(C(F)(F)F)cn2)c(-c2ccc3c(c2)OCO3)c1.C[C@@H]1C(=O)Cc2cc(Cl)ccc2C(=O)N1Cc1ccc(C(=O)O)c(-c2ccc3c(c2)OCO3)c1.Cc1ccc(N)nc1. The molecule has 4 N–H and O–H groups in total. The molecule has 12 rings (SSSR count). The molecule has 2 atom stereocenters. The zero-order valence-electron chi connectivity index (χ0n) is 46.0. The number of carboxylic acid groups (broad SMARTS) is 1. The highest BCUT2D eigenvalue weighted by Gasteiger charge is 2.35. The number of halogens is 5. The van der Waals surface area contributed by atoms with Gasteiger partial charge in [0.25, 0.3) is 17.7 Å². The number of carbonyl (C=O) groups excluding carboxylic acids is 5. The number of amides is 3. The number of nitrogens with two attached hydrogens (primary N) is 1. The first-order valence-corrected chi connectivity index (χ1v) is 27.4. The van der Waals surface area contributed by atoms with Crippen LogP contribution in [0.1, 0.15) is 88.7 Å². The Morgan fingerprint density at radius 1 is 0.605 bits per heavy atom. The van der Waals surface area contributed by atoms with Gasteiger partial charge in [-0.05, 0) is 174 Å². The van der Waals surface area contributed by atoms with Crippen molar-refractivity contribution in [3.63, 3.8) is 0 Å². The van der Waals surface area contributed by atoms with Gasteiger partial charge in [-0.15, -0.1) is 0 Å². The van der Waals surface area contributed by atoms with Crippen molar-refractivity contribution < 1.29 is 66.0 Å². The number of carbonyl (C=O) groups is 6. The van der Waals surface area contributed by atoms with E-state index in [1.165, 1.54) is 15.9 Å². The van der Waals surface area contributed by atoms with Gasteiger partial charge in [0, 0.05) is 65.1 Å².